The van der Waals surface area contributed by atoms with Crippen molar-refractivity contribution in [1.82, 2.24) is 0 Å². The van der Waals surface area contributed by atoms with Gasteiger partial charge < -0.3 is 5.73 Å². The Kier molecular flexibility index (Phi) is 3.91. The van der Waals surface area contributed by atoms with Gasteiger partial charge in [0.25, 0.3) is 5.69 Å². The lowest BCUT2D eigenvalue weighted by molar-refractivity contribution is -0.385. The van der Waals surface area contributed by atoms with Crippen LogP contribution in [0.15, 0.2) is 18.2 Å². The molecule has 0 radical (unpaired) electrons. The van der Waals surface area contributed by atoms with Gasteiger partial charge in [-0.15, -0.1) is 0 Å². The molecule has 18 heavy (non-hydrogen) atoms. The van der Waals surface area contributed by atoms with Gasteiger partial charge in [0, 0.05) is 17.7 Å². The molecule has 1 atom stereocenters. The van der Waals surface area contributed by atoms with Gasteiger partial charge in [-0.2, -0.15) is 0 Å². The first-order valence-corrected chi connectivity index (χ1v) is 6.29. The summed E-state index contributed by atoms with van der Waals surface area (Å²) in [5.74, 6) is -0.249. The molecule has 0 spiro atoms. The van der Waals surface area contributed by atoms with Crippen LogP contribution in [0.1, 0.15) is 43.7 Å². The Hall–Kier alpha value is -1.49. The lowest BCUT2D eigenvalue weighted by Crippen LogP contribution is -2.24. The average Bonchev–Trinajstić information content (AvgIpc) is 2.38. The van der Waals surface area contributed by atoms with E-state index in [9.17, 15) is 14.5 Å². The van der Waals surface area contributed by atoms with Gasteiger partial charge in [-0.25, -0.2) is 4.39 Å². The number of nitrogens with two attached hydrogens (primary N) is 1. The highest BCUT2D eigenvalue weighted by molar-refractivity contribution is 5.42. The quantitative estimate of drug-likeness (QED) is 0.662. The Bertz CT molecular complexity index is 445. The summed E-state index contributed by atoms with van der Waals surface area (Å²) in [6.45, 7) is 0. The molecule has 0 aromatic heterocycles. The summed E-state index contributed by atoms with van der Waals surface area (Å²) in [4.78, 5) is 10.5. The maximum absolute atomic E-state index is 13.3. The van der Waals surface area contributed by atoms with Gasteiger partial charge in [0.15, 0.2) is 0 Å². The molecule has 0 heterocycles. The first-order chi connectivity index (χ1) is 8.59. The van der Waals surface area contributed by atoms with Crippen molar-refractivity contribution in [3.63, 3.8) is 0 Å². The normalized spacial score (nSPS) is 18.6. The van der Waals surface area contributed by atoms with Crippen LogP contribution in [0.5, 0.6) is 0 Å². The molecule has 1 aliphatic rings. The van der Waals surface area contributed by atoms with Crippen molar-refractivity contribution in [3.8, 4) is 0 Å². The number of nitrogens with zero attached hydrogens (tertiary/aromatic N) is 1. The summed E-state index contributed by atoms with van der Waals surface area (Å²) in [5, 5.41) is 10.9. The van der Waals surface area contributed by atoms with Gasteiger partial charge in [0.05, 0.1) is 4.92 Å². The molecule has 1 saturated carbocycles. The fraction of sp³-hybridized carbons (Fsp3) is 0.538. The van der Waals surface area contributed by atoms with Crippen molar-refractivity contribution >= 4 is 5.69 Å². The van der Waals surface area contributed by atoms with Gasteiger partial charge in [-0.1, -0.05) is 19.3 Å². The van der Waals surface area contributed by atoms with Crippen molar-refractivity contribution in [2.24, 2.45) is 11.7 Å². The highest BCUT2D eigenvalue weighted by Gasteiger charge is 2.27. The van der Waals surface area contributed by atoms with Crippen molar-refractivity contribution in [2.45, 2.75) is 38.1 Å². The summed E-state index contributed by atoms with van der Waals surface area (Å²) in [5.41, 5.74) is 6.36. The maximum atomic E-state index is 13.3. The van der Waals surface area contributed by atoms with Crippen LogP contribution in [0.25, 0.3) is 0 Å². The lowest BCUT2D eigenvalue weighted by Gasteiger charge is -2.27. The third kappa shape index (κ3) is 2.67. The zero-order chi connectivity index (χ0) is 13.1. The van der Waals surface area contributed by atoms with E-state index in [4.69, 9.17) is 5.73 Å². The summed E-state index contributed by atoms with van der Waals surface area (Å²) < 4.78 is 13.3. The van der Waals surface area contributed by atoms with E-state index < -0.39 is 16.8 Å². The zero-order valence-electron chi connectivity index (χ0n) is 10.1. The van der Waals surface area contributed by atoms with E-state index in [1.807, 2.05) is 0 Å². The molecule has 0 unspecified atom stereocenters. The number of hydrogen-bond donors (Lipinski definition) is 1. The van der Waals surface area contributed by atoms with Gasteiger partial charge in [0.1, 0.15) is 5.82 Å². The van der Waals surface area contributed by atoms with E-state index in [-0.39, 0.29) is 11.6 Å². The topological polar surface area (TPSA) is 69.2 Å². The second kappa shape index (κ2) is 5.44. The fourth-order valence-corrected chi connectivity index (χ4v) is 2.71. The maximum Gasteiger partial charge on any atom is 0.274 e. The number of nitro benzene ring substituents is 1. The van der Waals surface area contributed by atoms with Crippen molar-refractivity contribution < 1.29 is 9.31 Å². The number of rotatable bonds is 3. The smallest absolute Gasteiger partial charge is 0.274 e. The van der Waals surface area contributed by atoms with Crippen LogP contribution < -0.4 is 5.73 Å². The minimum absolute atomic E-state index is 0.0746. The molecule has 2 rings (SSSR count). The molecule has 1 aliphatic carbocycles. The van der Waals surface area contributed by atoms with E-state index in [2.05, 4.69) is 0 Å². The molecule has 0 saturated heterocycles. The van der Waals surface area contributed by atoms with Crippen LogP contribution in [0.2, 0.25) is 0 Å². The monoisotopic (exact) mass is 252 g/mol. The Morgan fingerprint density at radius 3 is 2.61 bits per heavy atom. The van der Waals surface area contributed by atoms with Crippen molar-refractivity contribution in [3.05, 3.63) is 39.7 Å². The van der Waals surface area contributed by atoms with Crippen LogP contribution in [0.4, 0.5) is 10.1 Å². The number of hydrogen-bond acceptors (Lipinski definition) is 3. The van der Waals surface area contributed by atoms with Crippen LogP contribution >= 0.6 is 0 Å². The molecule has 1 aromatic rings. The SMILES string of the molecule is N[C@H](c1cc(F)ccc1[N+](=O)[O-])C1CCCCC1. The number of nitro groups is 1. The molecular weight excluding hydrogens is 235 g/mol. The largest absolute Gasteiger partial charge is 0.323 e. The molecule has 1 aromatic carbocycles. The summed E-state index contributed by atoms with van der Waals surface area (Å²) in [6.07, 6.45) is 5.32. The highest BCUT2D eigenvalue weighted by atomic mass is 19.1. The molecule has 0 amide bonds. The Morgan fingerprint density at radius 1 is 1.33 bits per heavy atom. The predicted molar refractivity (Wildman–Crippen MR) is 66.6 cm³/mol. The molecule has 0 bridgehead atoms. The van der Waals surface area contributed by atoms with E-state index in [1.165, 1.54) is 18.6 Å². The molecule has 98 valence electrons. The van der Waals surface area contributed by atoms with E-state index in [0.29, 0.717) is 5.56 Å². The van der Waals surface area contributed by atoms with Crippen LogP contribution in [-0.2, 0) is 0 Å². The van der Waals surface area contributed by atoms with Gasteiger partial charge in [0.2, 0.25) is 0 Å². The first kappa shape index (κ1) is 13.0. The Morgan fingerprint density at radius 2 is 2.00 bits per heavy atom. The molecule has 5 heteroatoms. The highest BCUT2D eigenvalue weighted by Crippen LogP contribution is 2.36. The second-order valence-corrected chi connectivity index (χ2v) is 4.88. The Balaban J connectivity index is 2.30. The van der Waals surface area contributed by atoms with Crippen LogP contribution in [0.3, 0.4) is 0 Å². The second-order valence-electron chi connectivity index (χ2n) is 4.88. The third-order valence-electron chi connectivity index (χ3n) is 3.70. The molecule has 1 fully saturated rings. The standard InChI is InChI=1S/C13H17FN2O2/c14-10-6-7-12(16(17)18)11(8-10)13(15)9-4-2-1-3-5-9/h6-9,13H,1-5,15H2/t13-/m0/s1. The minimum atomic E-state index is -0.489. The van der Waals surface area contributed by atoms with E-state index in [0.717, 1.165) is 31.7 Å². The summed E-state index contributed by atoms with van der Waals surface area (Å²) in [7, 11) is 0. The molecule has 0 aliphatic heterocycles. The fourth-order valence-electron chi connectivity index (χ4n) is 2.71. The van der Waals surface area contributed by atoms with Crippen molar-refractivity contribution in [1.29, 1.82) is 0 Å². The van der Waals surface area contributed by atoms with Gasteiger partial charge in [-0.3, -0.25) is 10.1 Å². The molecule has 2 N–H and O–H groups in total. The van der Waals surface area contributed by atoms with Crippen molar-refractivity contribution in [2.75, 3.05) is 0 Å². The van der Waals surface area contributed by atoms with E-state index >= 15 is 0 Å². The minimum Gasteiger partial charge on any atom is -0.323 e. The first-order valence-electron chi connectivity index (χ1n) is 6.29. The van der Waals surface area contributed by atoms with E-state index in [1.54, 1.807) is 0 Å². The summed E-state index contributed by atoms with van der Waals surface area (Å²) in [6, 6.07) is 3.07. The number of halogens is 1. The Labute approximate surface area is 105 Å². The van der Waals surface area contributed by atoms with Crippen LogP contribution in [0, 0.1) is 21.8 Å². The van der Waals surface area contributed by atoms with Gasteiger partial charge >= 0.3 is 0 Å². The van der Waals surface area contributed by atoms with Gasteiger partial charge in [-0.05, 0) is 30.9 Å². The average molecular weight is 252 g/mol. The lowest BCUT2D eigenvalue weighted by atomic mass is 9.81. The molecular formula is C13H17FN2O2. The summed E-state index contributed by atoms with van der Waals surface area (Å²) >= 11 is 0. The van der Waals surface area contributed by atoms with Crippen LogP contribution in [-0.4, -0.2) is 4.92 Å². The zero-order valence-corrected chi connectivity index (χ0v) is 10.1. The number of benzene rings is 1. The molecule has 4 nitrogen and oxygen atoms in total. The predicted octanol–water partition coefficient (Wildman–Crippen LogP) is 3.31. The third-order valence-corrected chi connectivity index (χ3v) is 3.70.